The molecule has 0 fully saturated rings. The Balaban J connectivity index is 1.79. The summed E-state index contributed by atoms with van der Waals surface area (Å²) >= 11 is 1.42. The summed E-state index contributed by atoms with van der Waals surface area (Å²) in [6.45, 7) is 4.96. The Kier molecular flexibility index (Phi) is 3.53. The van der Waals surface area contributed by atoms with Gasteiger partial charge in [0, 0.05) is 5.70 Å². The van der Waals surface area contributed by atoms with Gasteiger partial charge in [-0.05, 0) is 31.2 Å². The lowest BCUT2D eigenvalue weighted by Gasteiger charge is -2.15. The van der Waals surface area contributed by atoms with Crippen molar-refractivity contribution in [3.8, 4) is 0 Å². The van der Waals surface area contributed by atoms with Crippen LogP contribution in [0, 0.1) is 0 Å². The molecule has 2 heterocycles. The lowest BCUT2D eigenvalue weighted by Crippen LogP contribution is -2.20. The van der Waals surface area contributed by atoms with Gasteiger partial charge in [-0.2, -0.15) is 0 Å². The minimum atomic E-state index is -0.247. The average Bonchev–Trinajstić information content (AvgIpc) is 3.00. The highest BCUT2D eigenvalue weighted by Crippen LogP contribution is 2.41. The van der Waals surface area contributed by atoms with Gasteiger partial charge in [-0.25, -0.2) is 4.79 Å². The number of rotatable bonds is 3. The first-order valence-electron chi connectivity index (χ1n) is 6.67. The number of nitrogens with zero attached hydrogens (tertiary/aromatic N) is 2. The fourth-order valence-electron chi connectivity index (χ4n) is 2.39. The van der Waals surface area contributed by atoms with Crippen LogP contribution < -0.4 is 0 Å². The van der Waals surface area contributed by atoms with Crippen molar-refractivity contribution in [2.24, 2.45) is 4.99 Å². The van der Waals surface area contributed by atoms with Gasteiger partial charge >= 0.3 is 5.97 Å². The zero-order valence-corrected chi connectivity index (χ0v) is 12.3. The smallest absolute Gasteiger partial charge is 0.346 e. The maximum absolute atomic E-state index is 11.9. The number of benzene rings is 1. The molecule has 0 bridgehead atoms. The summed E-state index contributed by atoms with van der Waals surface area (Å²) in [6, 6.07) is 10.4. The van der Waals surface area contributed by atoms with E-state index in [9.17, 15) is 4.79 Å². The molecule has 1 aromatic carbocycles. The lowest BCUT2D eigenvalue weighted by atomic mass is 10.1. The molecule has 0 saturated heterocycles. The SMILES string of the molecule is CCOC(=O)C1=C(C)N2CC(c3ccccc3)N=C2S1. The average molecular weight is 288 g/mol. The Morgan fingerprint density at radius 3 is 2.85 bits per heavy atom. The molecule has 0 N–H and O–H groups in total. The highest BCUT2D eigenvalue weighted by molar-refractivity contribution is 8.18. The molecule has 1 aromatic rings. The summed E-state index contributed by atoms with van der Waals surface area (Å²) in [5, 5.41) is 0.902. The van der Waals surface area contributed by atoms with Gasteiger partial charge in [0.1, 0.15) is 4.91 Å². The molecule has 4 nitrogen and oxygen atoms in total. The summed E-state index contributed by atoms with van der Waals surface area (Å²) in [4.78, 5) is 19.3. The Hall–Kier alpha value is -1.75. The number of carbonyl (C=O) groups is 1. The second-order valence-electron chi connectivity index (χ2n) is 4.69. The summed E-state index contributed by atoms with van der Waals surface area (Å²) < 4.78 is 5.07. The van der Waals surface area contributed by atoms with Crippen molar-refractivity contribution in [3.63, 3.8) is 0 Å². The molecule has 1 atom stereocenters. The maximum atomic E-state index is 11.9. The van der Waals surface area contributed by atoms with Crippen LogP contribution in [0.25, 0.3) is 0 Å². The molecule has 0 spiro atoms. The number of hydrogen-bond acceptors (Lipinski definition) is 5. The number of aliphatic imine (C=N–C) groups is 1. The van der Waals surface area contributed by atoms with E-state index < -0.39 is 0 Å². The number of hydrogen-bond donors (Lipinski definition) is 0. The zero-order chi connectivity index (χ0) is 14.1. The second kappa shape index (κ2) is 5.32. The van der Waals surface area contributed by atoms with E-state index in [4.69, 9.17) is 9.73 Å². The van der Waals surface area contributed by atoms with Gasteiger partial charge in [-0.15, -0.1) is 0 Å². The molecular formula is C15H16N2O2S. The van der Waals surface area contributed by atoms with Crippen LogP contribution in [0.4, 0.5) is 0 Å². The van der Waals surface area contributed by atoms with Crippen LogP contribution in [0.2, 0.25) is 0 Å². The number of esters is 1. The van der Waals surface area contributed by atoms with Crippen molar-refractivity contribution in [2.75, 3.05) is 13.2 Å². The normalized spacial score (nSPS) is 21.0. The van der Waals surface area contributed by atoms with Gasteiger partial charge in [0.15, 0.2) is 5.17 Å². The van der Waals surface area contributed by atoms with Crippen LogP contribution in [0.15, 0.2) is 45.9 Å². The van der Waals surface area contributed by atoms with Gasteiger partial charge in [0.2, 0.25) is 0 Å². The first-order valence-corrected chi connectivity index (χ1v) is 7.48. The number of fused-ring (bicyclic) bond motifs is 1. The van der Waals surface area contributed by atoms with Crippen LogP contribution in [-0.2, 0) is 9.53 Å². The minimum absolute atomic E-state index is 0.150. The third-order valence-corrected chi connectivity index (χ3v) is 4.60. The van der Waals surface area contributed by atoms with Crippen LogP contribution >= 0.6 is 11.8 Å². The predicted molar refractivity (Wildman–Crippen MR) is 80.2 cm³/mol. The molecule has 1 unspecified atom stereocenters. The molecule has 3 rings (SSSR count). The largest absolute Gasteiger partial charge is 0.462 e. The number of ether oxygens (including phenoxy) is 1. The van der Waals surface area contributed by atoms with E-state index in [1.54, 1.807) is 0 Å². The van der Waals surface area contributed by atoms with Crippen LogP contribution in [0.3, 0.4) is 0 Å². The van der Waals surface area contributed by atoms with E-state index in [0.29, 0.717) is 11.5 Å². The van der Waals surface area contributed by atoms with E-state index in [1.165, 1.54) is 17.3 Å². The summed E-state index contributed by atoms with van der Waals surface area (Å²) in [5.74, 6) is -0.247. The first kappa shape index (κ1) is 13.2. The number of allylic oxidation sites excluding steroid dienone is 1. The first-order chi connectivity index (χ1) is 9.70. The molecule has 104 valence electrons. The summed E-state index contributed by atoms with van der Waals surface area (Å²) in [5.41, 5.74) is 2.16. The van der Waals surface area contributed by atoms with Crippen molar-refractivity contribution < 1.29 is 9.53 Å². The van der Waals surface area contributed by atoms with E-state index in [-0.39, 0.29) is 12.0 Å². The van der Waals surface area contributed by atoms with Crippen molar-refractivity contribution in [3.05, 3.63) is 46.5 Å². The number of carbonyl (C=O) groups excluding carboxylic acids is 1. The van der Waals surface area contributed by atoms with E-state index >= 15 is 0 Å². The molecule has 0 aromatic heterocycles. The van der Waals surface area contributed by atoms with E-state index in [1.807, 2.05) is 32.0 Å². The molecular weight excluding hydrogens is 272 g/mol. The van der Waals surface area contributed by atoms with Crippen LogP contribution in [-0.4, -0.2) is 29.2 Å². The predicted octanol–water partition coefficient (Wildman–Crippen LogP) is 2.94. The molecule has 2 aliphatic rings. The highest BCUT2D eigenvalue weighted by Gasteiger charge is 2.37. The Bertz CT molecular complexity index is 595. The van der Waals surface area contributed by atoms with Crippen molar-refractivity contribution in [2.45, 2.75) is 19.9 Å². The Morgan fingerprint density at radius 2 is 2.20 bits per heavy atom. The van der Waals surface area contributed by atoms with Crippen molar-refractivity contribution in [1.82, 2.24) is 4.90 Å². The lowest BCUT2D eigenvalue weighted by molar-refractivity contribution is -0.137. The molecule has 0 radical (unpaired) electrons. The highest BCUT2D eigenvalue weighted by atomic mass is 32.2. The number of amidine groups is 1. The van der Waals surface area contributed by atoms with Crippen LogP contribution in [0.1, 0.15) is 25.5 Å². The maximum Gasteiger partial charge on any atom is 0.346 e. The monoisotopic (exact) mass is 288 g/mol. The fourth-order valence-corrected chi connectivity index (χ4v) is 3.47. The van der Waals surface area contributed by atoms with Gasteiger partial charge in [0.05, 0.1) is 19.2 Å². The molecule has 20 heavy (non-hydrogen) atoms. The fraction of sp³-hybridized carbons (Fsp3) is 0.333. The topological polar surface area (TPSA) is 41.9 Å². The second-order valence-corrected chi connectivity index (χ2v) is 5.66. The molecule has 0 amide bonds. The minimum Gasteiger partial charge on any atom is -0.462 e. The van der Waals surface area contributed by atoms with Gasteiger partial charge in [-0.1, -0.05) is 30.3 Å². The Labute approximate surface area is 122 Å². The summed E-state index contributed by atoms with van der Waals surface area (Å²) in [7, 11) is 0. The molecule has 2 aliphatic heterocycles. The van der Waals surface area contributed by atoms with Gasteiger partial charge in [0.25, 0.3) is 0 Å². The standard InChI is InChI=1S/C15H16N2O2S/c1-3-19-14(18)13-10(2)17-9-12(16-15(17)20-13)11-7-5-4-6-8-11/h4-8,12H,3,9H2,1-2H3. The zero-order valence-electron chi connectivity index (χ0n) is 11.5. The number of thioether (sulfide) groups is 1. The molecule has 0 saturated carbocycles. The van der Waals surface area contributed by atoms with E-state index in [2.05, 4.69) is 17.0 Å². The molecule has 0 aliphatic carbocycles. The third-order valence-electron chi connectivity index (χ3n) is 3.42. The van der Waals surface area contributed by atoms with Crippen molar-refractivity contribution in [1.29, 1.82) is 0 Å². The Morgan fingerprint density at radius 1 is 1.45 bits per heavy atom. The van der Waals surface area contributed by atoms with Crippen molar-refractivity contribution >= 4 is 22.9 Å². The van der Waals surface area contributed by atoms with E-state index in [0.717, 1.165) is 17.4 Å². The van der Waals surface area contributed by atoms with Crippen LogP contribution in [0.5, 0.6) is 0 Å². The summed E-state index contributed by atoms with van der Waals surface area (Å²) in [6.07, 6.45) is 0. The van der Waals surface area contributed by atoms with Gasteiger partial charge in [-0.3, -0.25) is 4.99 Å². The quantitative estimate of drug-likeness (QED) is 0.802. The molecule has 5 heteroatoms. The van der Waals surface area contributed by atoms with Gasteiger partial charge < -0.3 is 9.64 Å². The third kappa shape index (κ3) is 2.22.